The first-order valence-electron chi connectivity index (χ1n) is 7.02. The van der Waals surface area contributed by atoms with E-state index in [9.17, 15) is 4.79 Å². The van der Waals surface area contributed by atoms with Crippen LogP contribution in [-0.4, -0.2) is 12.5 Å². The minimum atomic E-state index is -0.0195. The van der Waals surface area contributed by atoms with Gasteiger partial charge in [-0.3, -0.25) is 4.79 Å². The van der Waals surface area contributed by atoms with E-state index in [2.05, 4.69) is 26.6 Å². The maximum Gasteiger partial charge on any atom is 0.226 e. The molecule has 2 aromatic carbocycles. The topological polar surface area (TPSA) is 41.1 Å². The first-order valence-corrected chi connectivity index (χ1v) is 8.19. The molecule has 0 aliphatic carbocycles. The molecule has 5 heteroatoms. The average Bonchev–Trinajstić information content (AvgIpc) is 2.47. The van der Waals surface area contributed by atoms with Crippen molar-refractivity contribution in [3.05, 3.63) is 57.0 Å². The third-order valence-corrected chi connectivity index (χ3v) is 4.68. The Balaban J connectivity index is 1.85. The molecule has 0 atom stereocenters. The molecular formula is C17H18BrClN2O. The Bertz CT molecular complexity index is 688. The highest BCUT2D eigenvalue weighted by Gasteiger charge is 2.05. The highest BCUT2D eigenvalue weighted by molar-refractivity contribution is 9.10. The van der Waals surface area contributed by atoms with E-state index in [0.29, 0.717) is 13.0 Å². The molecular weight excluding hydrogens is 364 g/mol. The van der Waals surface area contributed by atoms with Gasteiger partial charge in [0.05, 0.1) is 0 Å². The quantitative estimate of drug-likeness (QED) is 0.751. The van der Waals surface area contributed by atoms with Gasteiger partial charge in [0.25, 0.3) is 0 Å². The second kappa shape index (κ2) is 7.65. The molecule has 0 radical (unpaired) electrons. The van der Waals surface area contributed by atoms with Crippen molar-refractivity contribution in [2.45, 2.75) is 20.3 Å². The summed E-state index contributed by atoms with van der Waals surface area (Å²) in [5.41, 5.74) is 3.85. The van der Waals surface area contributed by atoms with E-state index in [1.54, 1.807) is 0 Å². The molecule has 0 fully saturated rings. The van der Waals surface area contributed by atoms with Crippen LogP contribution < -0.4 is 10.6 Å². The Hall–Kier alpha value is -1.52. The number of carbonyl (C=O) groups excluding carboxylic acids is 1. The van der Waals surface area contributed by atoms with Gasteiger partial charge in [0, 0.05) is 33.8 Å². The van der Waals surface area contributed by atoms with Gasteiger partial charge in [0.1, 0.15) is 0 Å². The van der Waals surface area contributed by atoms with Crippen LogP contribution in [0.4, 0.5) is 11.4 Å². The Kier molecular flexibility index (Phi) is 5.86. The summed E-state index contributed by atoms with van der Waals surface area (Å²) < 4.78 is 1.03. The number of carbonyl (C=O) groups is 1. The van der Waals surface area contributed by atoms with Crippen LogP contribution in [0.15, 0.2) is 40.9 Å². The van der Waals surface area contributed by atoms with E-state index in [1.807, 2.05) is 50.2 Å². The zero-order valence-corrected chi connectivity index (χ0v) is 14.9. The molecule has 0 saturated heterocycles. The van der Waals surface area contributed by atoms with Gasteiger partial charge in [0.15, 0.2) is 0 Å². The fourth-order valence-corrected chi connectivity index (χ4v) is 2.48. The number of amides is 1. The van der Waals surface area contributed by atoms with Crippen molar-refractivity contribution in [1.82, 2.24) is 0 Å². The molecule has 0 aliphatic heterocycles. The number of rotatable bonds is 5. The minimum absolute atomic E-state index is 0.0195. The van der Waals surface area contributed by atoms with Gasteiger partial charge >= 0.3 is 0 Å². The molecule has 2 aromatic rings. The minimum Gasteiger partial charge on any atom is -0.384 e. The van der Waals surface area contributed by atoms with Crippen molar-refractivity contribution in [2.75, 3.05) is 17.2 Å². The summed E-state index contributed by atoms with van der Waals surface area (Å²) >= 11 is 9.51. The van der Waals surface area contributed by atoms with Gasteiger partial charge in [-0.05, 0) is 55.3 Å². The van der Waals surface area contributed by atoms with Gasteiger partial charge in [-0.2, -0.15) is 0 Å². The average molecular weight is 382 g/mol. The lowest BCUT2D eigenvalue weighted by Crippen LogP contribution is -2.16. The summed E-state index contributed by atoms with van der Waals surface area (Å²) in [4.78, 5) is 12.0. The molecule has 0 aliphatic rings. The van der Waals surface area contributed by atoms with E-state index < -0.39 is 0 Å². The Morgan fingerprint density at radius 1 is 1.23 bits per heavy atom. The van der Waals surface area contributed by atoms with E-state index in [0.717, 1.165) is 32.0 Å². The fraction of sp³-hybridized carbons (Fsp3) is 0.235. The van der Waals surface area contributed by atoms with Crippen molar-refractivity contribution in [2.24, 2.45) is 0 Å². The van der Waals surface area contributed by atoms with Crippen LogP contribution in [-0.2, 0) is 4.79 Å². The second-order valence-electron chi connectivity index (χ2n) is 5.10. The third-order valence-electron chi connectivity index (χ3n) is 3.38. The number of benzene rings is 2. The molecule has 116 valence electrons. The van der Waals surface area contributed by atoms with Crippen molar-refractivity contribution < 1.29 is 4.79 Å². The zero-order valence-electron chi connectivity index (χ0n) is 12.5. The molecule has 0 spiro atoms. The lowest BCUT2D eigenvalue weighted by Gasteiger charge is -2.11. The Morgan fingerprint density at radius 3 is 2.73 bits per heavy atom. The van der Waals surface area contributed by atoms with E-state index in [4.69, 9.17) is 11.6 Å². The molecule has 0 unspecified atom stereocenters. The summed E-state index contributed by atoms with van der Waals surface area (Å²) in [5, 5.41) is 6.86. The number of hydrogen-bond acceptors (Lipinski definition) is 2. The Labute approximate surface area is 144 Å². The summed E-state index contributed by atoms with van der Waals surface area (Å²) in [6, 6.07) is 11.4. The van der Waals surface area contributed by atoms with Gasteiger partial charge in [-0.25, -0.2) is 0 Å². The summed E-state index contributed by atoms with van der Waals surface area (Å²) in [6.45, 7) is 4.50. The van der Waals surface area contributed by atoms with Crippen LogP contribution >= 0.6 is 27.5 Å². The first-order chi connectivity index (χ1) is 10.5. The molecule has 2 N–H and O–H groups in total. The second-order valence-corrected chi connectivity index (χ2v) is 6.36. The van der Waals surface area contributed by atoms with E-state index in [-0.39, 0.29) is 5.91 Å². The molecule has 22 heavy (non-hydrogen) atoms. The fourth-order valence-electron chi connectivity index (χ4n) is 2.06. The maximum absolute atomic E-state index is 12.0. The highest BCUT2D eigenvalue weighted by Crippen LogP contribution is 2.23. The number of nitrogens with one attached hydrogen (secondary N) is 2. The third kappa shape index (κ3) is 4.49. The Morgan fingerprint density at radius 2 is 2.00 bits per heavy atom. The normalized spacial score (nSPS) is 10.4. The van der Waals surface area contributed by atoms with Crippen LogP contribution in [0, 0.1) is 13.8 Å². The first kappa shape index (κ1) is 16.8. The lowest BCUT2D eigenvalue weighted by molar-refractivity contribution is -0.115. The van der Waals surface area contributed by atoms with Crippen LogP contribution in [0.25, 0.3) is 0 Å². The van der Waals surface area contributed by atoms with Crippen LogP contribution in [0.1, 0.15) is 17.5 Å². The maximum atomic E-state index is 12.0. The molecule has 2 rings (SSSR count). The van der Waals surface area contributed by atoms with Gasteiger partial charge < -0.3 is 10.6 Å². The predicted molar refractivity (Wildman–Crippen MR) is 96.8 cm³/mol. The number of aryl methyl sites for hydroxylation is 1. The SMILES string of the molecule is Cc1cc(NC(=O)CCNc2cccc(Cl)c2C)ccc1Br. The summed E-state index contributed by atoms with van der Waals surface area (Å²) in [5.74, 6) is -0.0195. The standard InChI is InChI=1S/C17H18BrClN2O/c1-11-10-13(6-7-14(11)18)21-17(22)8-9-20-16-5-3-4-15(19)12(16)2/h3-7,10,20H,8-9H2,1-2H3,(H,21,22). The molecule has 0 saturated carbocycles. The van der Waals surface area contributed by atoms with Gasteiger partial charge in [0.2, 0.25) is 5.91 Å². The van der Waals surface area contributed by atoms with E-state index >= 15 is 0 Å². The molecule has 3 nitrogen and oxygen atoms in total. The van der Waals surface area contributed by atoms with Crippen molar-refractivity contribution >= 4 is 44.8 Å². The van der Waals surface area contributed by atoms with Crippen molar-refractivity contribution in [1.29, 1.82) is 0 Å². The van der Waals surface area contributed by atoms with E-state index in [1.165, 1.54) is 0 Å². The highest BCUT2D eigenvalue weighted by atomic mass is 79.9. The van der Waals surface area contributed by atoms with Crippen molar-refractivity contribution in [3.8, 4) is 0 Å². The molecule has 0 aromatic heterocycles. The van der Waals surface area contributed by atoms with Gasteiger partial charge in [-0.1, -0.05) is 33.6 Å². The van der Waals surface area contributed by atoms with Gasteiger partial charge in [-0.15, -0.1) is 0 Å². The smallest absolute Gasteiger partial charge is 0.226 e. The predicted octanol–water partition coefficient (Wildman–Crippen LogP) is 5.16. The number of hydrogen-bond donors (Lipinski definition) is 2. The van der Waals surface area contributed by atoms with Crippen LogP contribution in [0.3, 0.4) is 0 Å². The number of anilines is 2. The van der Waals surface area contributed by atoms with Crippen molar-refractivity contribution in [3.63, 3.8) is 0 Å². The van der Waals surface area contributed by atoms with Crippen LogP contribution in [0.5, 0.6) is 0 Å². The largest absolute Gasteiger partial charge is 0.384 e. The molecule has 1 amide bonds. The molecule has 0 bridgehead atoms. The summed E-state index contributed by atoms with van der Waals surface area (Å²) in [6.07, 6.45) is 0.390. The zero-order chi connectivity index (χ0) is 16.1. The van der Waals surface area contributed by atoms with Crippen LogP contribution in [0.2, 0.25) is 5.02 Å². The summed E-state index contributed by atoms with van der Waals surface area (Å²) in [7, 11) is 0. The number of halogens is 2. The monoisotopic (exact) mass is 380 g/mol. The molecule has 0 heterocycles. The lowest BCUT2D eigenvalue weighted by atomic mass is 10.2.